The molecule has 0 saturated carbocycles. The van der Waals surface area contributed by atoms with Gasteiger partial charge in [-0.2, -0.15) is 0 Å². The van der Waals surface area contributed by atoms with Crippen molar-refractivity contribution in [2.75, 3.05) is 0 Å². The second kappa shape index (κ2) is 122. The summed E-state index contributed by atoms with van der Waals surface area (Å²) in [6.45, 7) is 0. The van der Waals surface area contributed by atoms with Gasteiger partial charge < -0.3 is 0 Å². The van der Waals surface area contributed by atoms with Crippen molar-refractivity contribution in [3.05, 3.63) is 0 Å². The Labute approximate surface area is 95.5 Å². The summed E-state index contributed by atoms with van der Waals surface area (Å²) in [5.74, 6) is 0. The van der Waals surface area contributed by atoms with Crippen LogP contribution in [0.25, 0.3) is 0 Å². The van der Waals surface area contributed by atoms with Crippen molar-refractivity contribution in [3.8, 4) is 0 Å². The maximum absolute atomic E-state index is 6.47. The van der Waals surface area contributed by atoms with Crippen LogP contribution >= 0.6 is 35.6 Å². The fourth-order valence-corrected chi connectivity index (χ4v) is 0. The van der Waals surface area contributed by atoms with Gasteiger partial charge in [0.1, 0.15) is 0 Å². The molecule has 0 unspecified atom stereocenters. The molecule has 0 aromatic rings. The minimum absolute atomic E-state index is 0. The van der Waals surface area contributed by atoms with E-state index in [1.165, 1.54) is 0 Å². The van der Waals surface area contributed by atoms with Crippen molar-refractivity contribution < 1.29 is 14.0 Å². The maximum atomic E-state index is 6.47. The van der Waals surface area contributed by atoms with Gasteiger partial charge in [-0.05, 0) is 0 Å². The molecule has 0 atom stereocenters. The number of hydrogen-bond acceptors (Lipinski definition) is 3. The van der Waals surface area contributed by atoms with Crippen molar-refractivity contribution in [1.82, 2.24) is 0 Å². The van der Waals surface area contributed by atoms with Gasteiger partial charge in [0.2, 0.25) is 0 Å². The third-order valence-electron chi connectivity index (χ3n) is 0. The third-order valence-corrected chi connectivity index (χ3v) is 0. The van der Waals surface area contributed by atoms with Crippen molar-refractivity contribution in [3.63, 3.8) is 0 Å². The predicted octanol–water partition coefficient (Wildman–Crippen LogP) is -1.43. The van der Waals surface area contributed by atoms with E-state index in [2.05, 4.69) is 35.6 Å². The third kappa shape index (κ3) is 84.3. The molecular formula is H7AlCl3NaO3. The Morgan fingerprint density at radius 2 is 0.625 bits per heavy atom. The molecule has 3 N–H and O–H groups in total. The summed E-state index contributed by atoms with van der Waals surface area (Å²) in [6, 6.07) is 0. The van der Waals surface area contributed by atoms with E-state index in [0.717, 1.165) is 0 Å². The van der Waals surface area contributed by atoms with Gasteiger partial charge in [0.25, 0.3) is 0 Å². The summed E-state index contributed by atoms with van der Waals surface area (Å²) in [6.07, 6.45) is 0. The molecule has 0 fully saturated rings. The van der Waals surface area contributed by atoms with Crippen LogP contribution in [0.1, 0.15) is 0 Å². The number of hydrogen-bond donors (Lipinski definition) is 3. The van der Waals surface area contributed by atoms with Crippen LogP contribution in [0.3, 0.4) is 0 Å². The summed E-state index contributed by atoms with van der Waals surface area (Å²) in [5.41, 5.74) is 0. The molecule has 0 spiro atoms. The molecule has 0 aliphatic rings. The minimum atomic E-state index is 0. The zero-order chi connectivity index (χ0) is 6.00. The average molecular weight is 211 g/mol. The second-order valence-electron chi connectivity index (χ2n) is 0. The van der Waals surface area contributed by atoms with E-state index >= 15 is 0 Å². The first-order chi connectivity index (χ1) is 3.00. The van der Waals surface area contributed by atoms with Crippen molar-refractivity contribution in [2.45, 2.75) is 0 Å². The summed E-state index contributed by atoms with van der Waals surface area (Å²) < 4.78 is 19.4. The molecule has 0 radical (unpaired) electrons. The van der Waals surface area contributed by atoms with Crippen molar-refractivity contribution >= 4 is 82.5 Å². The van der Waals surface area contributed by atoms with Crippen LogP contribution in [-0.4, -0.2) is 60.9 Å². The standard InChI is InChI=1S/Al.3ClHO.Na.4H/c;3*1-2;;;;;/h;3*2H;;;;;. The van der Waals surface area contributed by atoms with Gasteiger partial charge >= 0.3 is 29.6 Å². The molecule has 0 saturated heterocycles. The molecule has 8 heavy (non-hydrogen) atoms. The topological polar surface area (TPSA) is 60.7 Å². The van der Waals surface area contributed by atoms with Crippen LogP contribution in [0.5, 0.6) is 0 Å². The van der Waals surface area contributed by atoms with E-state index < -0.39 is 0 Å². The molecular weight excluding hydrogens is 204 g/mol. The molecule has 0 heterocycles. The molecule has 0 amide bonds. The molecule has 50 valence electrons. The Hall–Kier alpha value is 2.28. The van der Waals surface area contributed by atoms with Gasteiger partial charge in [0.05, 0.1) is 35.6 Å². The summed E-state index contributed by atoms with van der Waals surface area (Å²) in [4.78, 5) is 0. The number of halogens is 3. The SMILES string of the molecule is OCl.OCl.OCl.[AlH3].[NaH]. The molecule has 0 bridgehead atoms. The zero-order valence-corrected chi connectivity index (χ0v) is 4.74. The van der Waals surface area contributed by atoms with Gasteiger partial charge in [-0.15, -0.1) is 0 Å². The number of rotatable bonds is 0. The molecule has 8 heteroatoms. The van der Waals surface area contributed by atoms with Crippen LogP contribution in [-0.2, 0) is 0 Å². The van der Waals surface area contributed by atoms with Crippen LogP contribution < -0.4 is 0 Å². The molecule has 3 nitrogen and oxygen atoms in total. The average Bonchev–Trinajstić information content (AvgIpc) is 1.81. The van der Waals surface area contributed by atoms with Gasteiger partial charge in [0, 0.05) is 0 Å². The summed E-state index contributed by atoms with van der Waals surface area (Å²) in [7, 11) is 0. The normalized spacial score (nSPS) is 2.25. The zero-order valence-electron chi connectivity index (χ0n) is 2.48. The fourth-order valence-electron chi connectivity index (χ4n) is 0. The molecule has 0 aromatic heterocycles. The van der Waals surface area contributed by atoms with E-state index in [0.29, 0.717) is 0 Å². The first-order valence-corrected chi connectivity index (χ1v) is 1.52. The van der Waals surface area contributed by atoms with E-state index in [4.69, 9.17) is 14.0 Å². The first kappa shape index (κ1) is 31.8. The molecule has 0 aliphatic heterocycles. The van der Waals surface area contributed by atoms with Crippen LogP contribution in [0.15, 0.2) is 0 Å². The van der Waals surface area contributed by atoms with Crippen molar-refractivity contribution in [1.29, 1.82) is 0 Å². The quantitative estimate of drug-likeness (QED) is 0.430. The fraction of sp³-hybridized carbons (Fsp3) is 0. The van der Waals surface area contributed by atoms with Gasteiger partial charge in [-0.25, -0.2) is 0 Å². The van der Waals surface area contributed by atoms with Crippen molar-refractivity contribution in [2.24, 2.45) is 0 Å². The van der Waals surface area contributed by atoms with Crippen LogP contribution in [0.2, 0.25) is 0 Å². The van der Waals surface area contributed by atoms with Gasteiger partial charge in [-0.3, -0.25) is 14.0 Å². The molecule has 0 rings (SSSR count). The van der Waals surface area contributed by atoms with Crippen LogP contribution in [0.4, 0.5) is 0 Å². The monoisotopic (exact) mass is 210 g/mol. The van der Waals surface area contributed by atoms with E-state index in [9.17, 15) is 0 Å². The first-order valence-electron chi connectivity index (χ1n) is 0.507. The van der Waals surface area contributed by atoms with Crippen LogP contribution in [0, 0.1) is 0 Å². The summed E-state index contributed by atoms with van der Waals surface area (Å²) >= 11 is 10.9. The Balaban J connectivity index is -0.00000000500. The Bertz CT molecular complexity index is 14.5. The van der Waals surface area contributed by atoms with Gasteiger partial charge in [-0.1, -0.05) is 0 Å². The Morgan fingerprint density at radius 3 is 0.625 bits per heavy atom. The van der Waals surface area contributed by atoms with E-state index in [1.807, 2.05) is 0 Å². The Kier molecular flexibility index (Phi) is 485. The van der Waals surface area contributed by atoms with Gasteiger partial charge in [0.15, 0.2) is 17.4 Å². The molecule has 0 aromatic carbocycles. The predicted molar refractivity (Wildman–Crippen MR) is 41.3 cm³/mol. The molecule has 0 aliphatic carbocycles. The van der Waals surface area contributed by atoms with E-state index in [-0.39, 0.29) is 46.9 Å². The second-order valence-corrected chi connectivity index (χ2v) is 0. The van der Waals surface area contributed by atoms with E-state index in [1.54, 1.807) is 0 Å². The summed E-state index contributed by atoms with van der Waals surface area (Å²) in [5, 5.41) is 0. The Morgan fingerprint density at radius 1 is 0.625 bits per heavy atom.